The number of ether oxygens (including phenoxy) is 2. The molecule has 2 unspecified atom stereocenters. The summed E-state index contributed by atoms with van der Waals surface area (Å²) < 4.78 is 11.2. The van der Waals surface area contributed by atoms with Crippen molar-refractivity contribution >= 4 is 17.5 Å². The molecule has 3 aromatic carbocycles. The Balaban J connectivity index is 1.73. The van der Waals surface area contributed by atoms with Crippen LogP contribution in [0.25, 0.3) is 0 Å². The van der Waals surface area contributed by atoms with Crippen LogP contribution in [0.2, 0.25) is 5.02 Å². The minimum absolute atomic E-state index is 0.0276. The Morgan fingerprint density at radius 1 is 1.06 bits per heavy atom. The Labute approximate surface area is 206 Å². The Morgan fingerprint density at radius 2 is 1.74 bits per heavy atom. The van der Waals surface area contributed by atoms with Gasteiger partial charge in [-0.25, -0.2) is 0 Å². The van der Waals surface area contributed by atoms with Gasteiger partial charge in [-0.3, -0.25) is 9.69 Å². The van der Waals surface area contributed by atoms with Gasteiger partial charge in [-0.15, -0.1) is 0 Å². The molecule has 4 rings (SSSR count). The zero-order valence-electron chi connectivity index (χ0n) is 19.9. The number of nitrogens with one attached hydrogen (secondary N) is 1. The van der Waals surface area contributed by atoms with Crippen LogP contribution < -0.4 is 14.8 Å². The predicted molar refractivity (Wildman–Crippen MR) is 136 cm³/mol. The van der Waals surface area contributed by atoms with E-state index in [-0.39, 0.29) is 18.0 Å². The molecule has 0 saturated heterocycles. The third-order valence-electron chi connectivity index (χ3n) is 6.51. The quantitative estimate of drug-likeness (QED) is 0.453. The van der Waals surface area contributed by atoms with Crippen LogP contribution in [0.3, 0.4) is 0 Å². The van der Waals surface area contributed by atoms with Crippen molar-refractivity contribution in [2.75, 3.05) is 20.8 Å². The van der Waals surface area contributed by atoms with Gasteiger partial charge in [0.25, 0.3) is 5.91 Å². The summed E-state index contributed by atoms with van der Waals surface area (Å²) in [5, 5.41) is 3.73. The topological polar surface area (TPSA) is 50.8 Å². The third-order valence-corrected chi connectivity index (χ3v) is 6.84. The molecule has 0 saturated carbocycles. The van der Waals surface area contributed by atoms with Crippen LogP contribution in [0.15, 0.2) is 66.7 Å². The fourth-order valence-corrected chi connectivity index (χ4v) is 5.01. The van der Waals surface area contributed by atoms with Crippen molar-refractivity contribution in [2.45, 2.75) is 38.4 Å². The Hall–Kier alpha value is -3.02. The molecule has 0 spiro atoms. The lowest BCUT2D eigenvalue weighted by atomic mass is 9.86. The highest BCUT2D eigenvalue weighted by atomic mass is 35.5. The van der Waals surface area contributed by atoms with Gasteiger partial charge in [0.15, 0.2) is 11.5 Å². The average Bonchev–Trinajstić information content (AvgIpc) is 2.87. The van der Waals surface area contributed by atoms with Gasteiger partial charge in [0.05, 0.1) is 30.8 Å². The van der Waals surface area contributed by atoms with Crippen LogP contribution in [0.1, 0.15) is 46.4 Å². The summed E-state index contributed by atoms with van der Waals surface area (Å²) in [5.74, 6) is 1.26. The minimum atomic E-state index is -0.162. The average molecular weight is 479 g/mol. The molecule has 1 aliphatic heterocycles. The molecule has 3 aromatic rings. The summed E-state index contributed by atoms with van der Waals surface area (Å²) in [4.78, 5) is 15.7. The molecular weight excluding hydrogens is 448 g/mol. The number of benzene rings is 3. The minimum Gasteiger partial charge on any atom is -0.493 e. The number of rotatable bonds is 8. The number of nitrogens with zero attached hydrogens (tertiary/aromatic N) is 1. The fourth-order valence-electron chi connectivity index (χ4n) is 4.79. The molecule has 0 aliphatic carbocycles. The van der Waals surface area contributed by atoms with E-state index in [4.69, 9.17) is 21.1 Å². The lowest BCUT2D eigenvalue weighted by Gasteiger charge is -2.42. The fraction of sp³-hybridized carbons (Fsp3) is 0.321. The zero-order valence-corrected chi connectivity index (χ0v) is 20.6. The van der Waals surface area contributed by atoms with Gasteiger partial charge >= 0.3 is 0 Å². The molecule has 1 aliphatic rings. The maximum Gasteiger partial charge on any atom is 0.253 e. The normalized spacial score (nSPS) is 16.4. The second kappa shape index (κ2) is 10.9. The van der Waals surface area contributed by atoms with E-state index in [1.165, 1.54) is 11.1 Å². The summed E-state index contributed by atoms with van der Waals surface area (Å²) in [6.07, 6.45) is 1.66. The van der Waals surface area contributed by atoms with Crippen molar-refractivity contribution in [1.82, 2.24) is 10.2 Å². The molecule has 5 nitrogen and oxygen atoms in total. The van der Waals surface area contributed by atoms with E-state index < -0.39 is 0 Å². The number of hydrogen-bond donors (Lipinski definition) is 1. The van der Waals surface area contributed by atoms with Crippen molar-refractivity contribution in [1.29, 1.82) is 0 Å². The van der Waals surface area contributed by atoms with Gasteiger partial charge < -0.3 is 14.8 Å². The molecule has 0 fully saturated rings. The van der Waals surface area contributed by atoms with Crippen molar-refractivity contribution in [3.8, 4) is 11.5 Å². The van der Waals surface area contributed by atoms with E-state index in [9.17, 15) is 4.79 Å². The first-order valence-corrected chi connectivity index (χ1v) is 12.0. The molecule has 0 bridgehead atoms. The summed E-state index contributed by atoms with van der Waals surface area (Å²) in [7, 11) is 3.31. The van der Waals surface area contributed by atoms with Crippen LogP contribution >= 0.6 is 11.6 Å². The second-order valence-corrected chi connectivity index (χ2v) is 8.93. The zero-order chi connectivity index (χ0) is 24.1. The number of carbonyl (C=O) groups excluding carboxylic acids is 1. The molecule has 1 heterocycles. The van der Waals surface area contributed by atoms with Gasteiger partial charge in [-0.1, -0.05) is 61.0 Å². The van der Waals surface area contributed by atoms with Crippen molar-refractivity contribution in [3.63, 3.8) is 0 Å². The van der Waals surface area contributed by atoms with Gasteiger partial charge in [-0.2, -0.15) is 0 Å². The van der Waals surface area contributed by atoms with Gasteiger partial charge in [0.1, 0.15) is 0 Å². The van der Waals surface area contributed by atoms with Crippen LogP contribution in [-0.2, 0) is 13.0 Å². The monoisotopic (exact) mass is 478 g/mol. The molecule has 1 N–H and O–H groups in total. The molecule has 6 heteroatoms. The number of carbonyl (C=O) groups is 1. The maximum absolute atomic E-state index is 13.2. The Kier molecular flexibility index (Phi) is 7.76. The predicted octanol–water partition coefficient (Wildman–Crippen LogP) is 5.67. The number of methoxy groups -OCH3 is 2. The molecule has 2 atom stereocenters. The van der Waals surface area contributed by atoms with Crippen molar-refractivity contribution < 1.29 is 14.3 Å². The lowest BCUT2D eigenvalue weighted by Crippen LogP contribution is -2.48. The Bertz CT molecular complexity index is 1140. The van der Waals surface area contributed by atoms with E-state index in [0.29, 0.717) is 16.3 Å². The van der Waals surface area contributed by atoms with E-state index in [1.807, 2.05) is 18.2 Å². The van der Waals surface area contributed by atoms with E-state index >= 15 is 0 Å². The lowest BCUT2D eigenvalue weighted by molar-refractivity contribution is 0.0859. The summed E-state index contributed by atoms with van der Waals surface area (Å²) in [6.45, 7) is 3.77. The highest BCUT2D eigenvalue weighted by Gasteiger charge is 2.35. The first-order valence-electron chi connectivity index (χ1n) is 11.6. The number of halogens is 1. The number of hydrogen-bond acceptors (Lipinski definition) is 4. The third kappa shape index (κ3) is 5.06. The van der Waals surface area contributed by atoms with Gasteiger partial charge in [0.2, 0.25) is 0 Å². The first kappa shape index (κ1) is 24.1. The van der Waals surface area contributed by atoms with Gasteiger partial charge in [0, 0.05) is 19.1 Å². The van der Waals surface area contributed by atoms with Crippen molar-refractivity contribution in [3.05, 3.63) is 94.0 Å². The summed E-state index contributed by atoms with van der Waals surface area (Å²) >= 11 is 6.32. The maximum atomic E-state index is 13.2. The highest BCUT2D eigenvalue weighted by Crippen LogP contribution is 2.40. The van der Waals surface area contributed by atoms with E-state index in [1.54, 1.807) is 26.4 Å². The molecule has 0 radical (unpaired) electrons. The number of amides is 1. The van der Waals surface area contributed by atoms with Crippen LogP contribution in [0.4, 0.5) is 0 Å². The SMILES string of the molecule is CCC(NC(=O)c1ccccc1Cl)C1c2cc(OC)c(OC)cc2CCN1Cc1ccccc1. The summed E-state index contributed by atoms with van der Waals surface area (Å²) in [5.41, 5.74) is 4.10. The van der Waals surface area contributed by atoms with Crippen LogP contribution in [0.5, 0.6) is 11.5 Å². The number of fused-ring (bicyclic) bond motifs is 1. The van der Waals surface area contributed by atoms with Crippen LogP contribution in [-0.4, -0.2) is 37.6 Å². The van der Waals surface area contributed by atoms with Gasteiger partial charge in [-0.05, 0) is 53.8 Å². The molecule has 1 amide bonds. The summed E-state index contributed by atoms with van der Waals surface area (Å²) in [6, 6.07) is 21.6. The standard InChI is InChI=1S/C28H31ClN2O3/c1-4-24(30-28(32)21-12-8-9-13-23(21)29)27-22-17-26(34-3)25(33-2)16-20(22)14-15-31(27)18-19-10-6-5-7-11-19/h5-13,16-17,24,27H,4,14-15,18H2,1-3H3,(H,30,32). The second-order valence-electron chi connectivity index (χ2n) is 8.52. The smallest absolute Gasteiger partial charge is 0.253 e. The molecule has 34 heavy (non-hydrogen) atoms. The molecule has 0 aromatic heterocycles. The van der Waals surface area contributed by atoms with Crippen molar-refractivity contribution in [2.24, 2.45) is 0 Å². The molecular formula is C28H31ClN2O3. The van der Waals surface area contributed by atoms with E-state index in [0.717, 1.165) is 37.2 Å². The van der Waals surface area contributed by atoms with Crippen LogP contribution in [0, 0.1) is 0 Å². The Morgan fingerprint density at radius 3 is 2.41 bits per heavy atom. The first-order chi connectivity index (χ1) is 16.5. The molecule has 178 valence electrons. The largest absolute Gasteiger partial charge is 0.493 e. The highest BCUT2D eigenvalue weighted by molar-refractivity contribution is 6.33. The van der Waals surface area contributed by atoms with E-state index in [2.05, 4.69) is 53.5 Å².